The van der Waals surface area contributed by atoms with Gasteiger partial charge >= 0.3 is 10.2 Å². The van der Waals surface area contributed by atoms with Gasteiger partial charge in [0.25, 0.3) is 0 Å². The Kier molecular flexibility index (Phi) is 12.9. The van der Waals surface area contributed by atoms with E-state index in [-0.39, 0.29) is 48.7 Å². The molecule has 61 heavy (non-hydrogen) atoms. The highest BCUT2D eigenvalue weighted by Gasteiger charge is 2.61. The second-order valence-corrected chi connectivity index (χ2v) is 19.8. The van der Waals surface area contributed by atoms with Crippen LogP contribution in [0.25, 0.3) is 21.6 Å². The molecule has 0 spiro atoms. The Morgan fingerprint density at radius 1 is 1.07 bits per heavy atom. The zero-order valence-electron chi connectivity index (χ0n) is 35.8. The topological polar surface area (TPSA) is 160 Å². The second kappa shape index (κ2) is 17.8. The number of pyridine rings is 1. The van der Waals surface area contributed by atoms with E-state index < -0.39 is 39.7 Å². The van der Waals surface area contributed by atoms with Crippen molar-refractivity contribution in [2.45, 2.75) is 103 Å². The molecule has 2 amide bonds. The number of halogens is 1. The molecule has 4 heterocycles. The number of nitrogens with zero attached hydrogens (tertiary/aromatic N) is 4. The largest absolute Gasteiger partial charge is 0.496 e. The van der Waals surface area contributed by atoms with Crippen LogP contribution in [0.2, 0.25) is 0 Å². The van der Waals surface area contributed by atoms with E-state index in [2.05, 4.69) is 23.9 Å². The number of fused-ring (bicyclic) bond motifs is 3. The number of ether oxygens (including phenoxy) is 2. The number of carbonyl (C=O) groups is 3. The first-order chi connectivity index (χ1) is 29.0. The number of hydrogen-bond acceptors (Lipinski definition) is 11. The number of Topliss-reactive ketones (excluding diaryl/α,β-unsaturated/α-hetero) is 1. The highest BCUT2D eigenvalue weighted by molar-refractivity contribution is 7.87. The Morgan fingerprint density at radius 3 is 2.56 bits per heavy atom. The first-order valence-corrected chi connectivity index (χ1v) is 23.2. The minimum Gasteiger partial charge on any atom is -0.496 e. The maximum Gasteiger partial charge on any atom is 0.303 e. The zero-order chi connectivity index (χ0) is 43.8. The van der Waals surface area contributed by atoms with Crippen LogP contribution in [0, 0.1) is 31.0 Å². The molecule has 2 aromatic carbocycles. The van der Waals surface area contributed by atoms with Crippen LogP contribution in [-0.2, 0) is 24.6 Å². The Hall–Kier alpha value is -4.93. The van der Waals surface area contributed by atoms with Gasteiger partial charge in [0, 0.05) is 55.0 Å². The number of carbonyl (C=O) groups excluding carboxylic acids is 3. The molecule has 1 saturated carbocycles. The van der Waals surface area contributed by atoms with Crippen LogP contribution >= 0.6 is 11.3 Å². The van der Waals surface area contributed by atoms with Crippen LogP contribution in [0.4, 0.5) is 10.1 Å². The maximum atomic E-state index is 14.9. The van der Waals surface area contributed by atoms with Crippen molar-refractivity contribution in [3.63, 3.8) is 0 Å². The normalized spacial score (nSPS) is 24.2. The molecule has 326 valence electrons. The van der Waals surface area contributed by atoms with Gasteiger partial charge in [-0.25, -0.2) is 19.1 Å². The van der Waals surface area contributed by atoms with Crippen LogP contribution in [0.15, 0.2) is 53.9 Å². The lowest BCUT2D eigenvalue weighted by atomic mass is 9.91. The Bertz CT molecular complexity index is 2470. The maximum absolute atomic E-state index is 14.9. The molecule has 4 aromatic rings. The number of aryl methyl sites for hydroxylation is 2. The van der Waals surface area contributed by atoms with Crippen molar-refractivity contribution >= 4 is 55.7 Å². The number of methoxy groups -OCH3 is 1. The molecule has 13 nitrogen and oxygen atoms in total. The number of thiazole rings is 1. The summed E-state index contributed by atoms with van der Waals surface area (Å²) < 4.78 is 55.7. The van der Waals surface area contributed by atoms with E-state index >= 15 is 0 Å². The number of hydrogen-bond donors (Lipinski definition) is 2. The fourth-order valence-corrected chi connectivity index (χ4v) is 9.96. The number of ketones is 1. The van der Waals surface area contributed by atoms with Gasteiger partial charge in [-0.15, -0.1) is 11.3 Å². The minimum absolute atomic E-state index is 0.0659. The van der Waals surface area contributed by atoms with E-state index in [0.29, 0.717) is 53.2 Å². The SMILES string of the molecule is COc1ccc2c(O[C@@H]3C[C@H]4C(=O)C[C@]5(C(=O)NS(=O)(=O)N(C)C)C[C@H]5/C=C\CCCCC[C@H](Nc5ccc(F)c(C)c5)C(=O)N4C3)cc(-c3nc(C(C)C)cs3)nc2c1C. The molecule has 7 rings (SSSR count). The third-order valence-electron chi connectivity index (χ3n) is 12.2. The van der Waals surface area contributed by atoms with E-state index in [0.717, 1.165) is 45.2 Å². The number of allylic oxidation sites excluding steroid dienone is 2. The van der Waals surface area contributed by atoms with Gasteiger partial charge in [0.2, 0.25) is 11.8 Å². The van der Waals surface area contributed by atoms with Crippen LogP contribution in [-0.4, -0.2) is 91.1 Å². The van der Waals surface area contributed by atoms with Gasteiger partial charge in [0.05, 0.1) is 36.3 Å². The standard InChI is InChI=1S/C45H55FN6O7S2/c1-26(2)36-25-60-42(49-36)35-21-40(32-16-18-39(58-7)28(4)41(32)48-35)59-31-20-37-38(53)23-45(44(55)50-61(56,57)51(5)6)22-29(45)13-11-9-8-10-12-14-34(43(54)52(37)24-31)47-30-15-17-33(46)27(3)19-30/h11,13,15-19,21,25-26,29,31,34,37,47H,8-10,12,14,20,22-24H2,1-7H3,(H,50,55)/b13-11-/t29-,31-,34+,37+,45-/m1/s1. The summed E-state index contributed by atoms with van der Waals surface area (Å²) in [4.78, 5) is 55.1. The van der Waals surface area contributed by atoms with Gasteiger partial charge in [0.1, 0.15) is 40.2 Å². The molecule has 2 fully saturated rings. The molecule has 2 aliphatic heterocycles. The number of benzene rings is 2. The summed E-state index contributed by atoms with van der Waals surface area (Å²) in [6.07, 6.45) is 7.00. The molecular formula is C45H55FN6O7S2. The first kappa shape index (κ1) is 44.1. The van der Waals surface area contributed by atoms with E-state index in [9.17, 15) is 27.2 Å². The lowest BCUT2D eigenvalue weighted by Crippen LogP contribution is -2.49. The molecule has 0 radical (unpaired) electrons. The van der Waals surface area contributed by atoms with Crippen molar-refractivity contribution in [3.8, 4) is 22.2 Å². The van der Waals surface area contributed by atoms with Gasteiger partial charge < -0.3 is 19.7 Å². The number of amides is 2. The van der Waals surface area contributed by atoms with Gasteiger partial charge in [-0.3, -0.25) is 14.4 Å². The summed E-state index contributed by atoms with van der Waals surface area (Å²) in [6.45, 7) is 7.82. The van der Waals surface area contributed by atoms with E-state index in [1.807, 2.05) is 42.7 Å². The molecule has 0 bridgehead atoms. The van der Waals surface area contributed by atoms with E-state index in [4.69, 9.17) is 19.4 Å². The smallest absolute Gasteiger partial charge is 0.303 e. The fourth-order valence-electron chi connectivity index (χ4n) is 8.40. The van der Waals surface area contributed by atoms with Crippen molar-refractivity contribution in [2.75, 3.05) is 33.1 Å². The summed E-state index contributed by atoms with van der Waals surface area (Å²) in [6, 6.07) is 8.48. The summed E-state index contributed by atoms with van der Waals surface area (Å²) in [5.74, 6) is -0.737. The summed E-state index contributed by atoms with van der Waals surface area (Å²) in [5.41, 5.74) is 2.75. The molecular weight excluding hydrogens is 820 g/mol. The van der Waals surface area contributed by atoms with Gasteiger partial charge in [-0.1, -0.05) is 38.8 Å². The molecule has 1 saturated heterocycles. The lowest BCUT2D eigenvalue weighted by molar-refractivity contribution is -0.139. The number of rotatable bonds is 10. The van der Waals surface area contributed by atoms with E-state index in [1.54, 1.807) is 31.1 Å². The quantitative estimate of drug-likeness (QED) is 0.153. The molecule has 0 unspecified atom stereocenters. The molecule has 5 atom stereocenters. The number of aromatic nitrogens is 2. The highest BCUT2D eigenvalue weighted by Crippen LogP contribution is 2.57. The highest BCUT2D eigenvalue weighted by atomic mass is 32.2. The zero-order valence-corrected chi connectivity index (χ0v) is 37.4. The fraction of sp³-hybridized carbons (Fsp3) is 0.489. The van der Waals surface area contributed by atoms with Crippen molar-refractivity contribution in [2.24, 2.45) is 11.3 Å². The average Bonchev–Trinajstić information content (AvgIpc) is 3.50. The predicted molar refractivity (Wildman–Crippen MR) is 234 cm³/mol. The summed E-state index contributed by atoms with van der Waals surface area (Å²) in [5, 5.41) is 6.82. The van der Waals surface area contributed by atoms with Crippen molar-refractivity contribution in [3.05, 3.63) is 76.6 Å². The molecule has 1 aliphatic carbocycles. The second-order valence-electron chi connectivity index (χ2n) is 17.1. The van der Waals surface area contributed by atoms with Crippen molar-refractivity contribution in [1.29, 1.82) is 0 Å². The first-order valence-electron chi connectivity index (χ1n) is 20.9. The Balaban J connectivity index is 1.27. The Morgan fingerprint density at radius 2 is 1.85 bits per heavy atom. The van der Waals surface area contributed by atoms with Gasteiger partial charge in [0.15, 0.2) is 5.78 Å². The molecule has 2 aromatic heterocycles. The van der Waals surface area contributed by atoms with Gasteiger partial charge in [-0.05, 0) is 87.3 Å². The minimum atomic E-state index is -4.14. The molecule has 16 heteroatoms. The number of anilines is 1. The van der Waals surface area contributed by atoms with Crippen LogP contribution in [0.5, 0.6) is 11.5 Å². The summed E-state index contributed by atoms with van der Waals surface area (Å²) >= 11 is 1.49. The predicted octanol–water partition coefficient (Wildman–Crippen LogP) is 7.48. The molecule has 2 N–H and O–H groups in total. The van der Waals surface area contributed by atoms with Crippen LogP contribution in [0.1, 0.15) is 88.0 Å². The number of nitrogens with one attached hydrogen (secondary N) is 2. The van der Waals surface area contributed by atoms with Gasteiger partial charge in [-0.2, -0.15) is 12.7 Å². The van der Waals surface area contributed by atoms with E-state index in [1.165, 1.54) is 31.5 Å². The van der Waals surface area contributed by atoms with Crippen molar-refractivity contribution in [1.82, 2.24) is 23.9 Å². The monoisotopic (exact) mass is 874 g/mol. The van der Waals surface area contributed by atoms with Crippen molar-refractivity contribution < 1.29 is 36.7 Å². The molecule has 3 aliphatic rings. The lowest BCUT2D eigenvalue weighted by Gasteiger charge is -2.30. The van der Waals surface area contributed by atoms with Crippen LogP contribution < -0.4 is 19.5 Å². The third kappa shape index (κ3) is 9.31. The average molecular weight is 875 g/mol. The summed E-state index contributed by atoms with van der Waals surface area (Å²) in [7, 11) is 0.113. The third-order valence-corrected chi connectivity index (χ3v) is 14.5. The Labute approximate surface area is 361 Å². The van der Waals surface area contributed by atoms with Crippen LogP contribution in [0.3, 0.4) is 0 Å².